The van der Waals surface area contributed by atoms with Crippen LogP contribution in [0.15, 0.2) is 17.6 Å². The van der Waals surface area contributed by atoms with Crippen molar-refractivity contribution in [1.82, 2.24) is 14.5 Å². The number of thioether (sulfide) groups is 1. The Balaban J connectivity index is 0.000000415. The molecular weight excluding hydrogens is 350 g/mol. The second kappa shape index (κ2) is 8.52. The zero-order valence-corrected chi connectivity index (χ0v) is 16.9. The first-order chi connectivity index (χ1) is 12.2. The Morgan fingerprint density at radius 1 is 1.32 bits per heavy atom. The summed E-state index contributed by atoms with van der Waals surface area (Å²) < 4.78 is 3.50. The van der Waals surface area contributed by atoms with Gasteiger partial charge in [-0.05, 0) is 43.2 Å². The number of hydrogen-bond acceptors (Lipinski definition) is 5. The molecule has 0 amide bonds. The summed E-state index contributed by atoms with van der Waals surface area (Å²) in [5, 5.41) is 12.2. The number of pyridine rings is 1. The molecule has 0 spiro atoms. The number of aromatic nitrogens is 3. The molecule has 1 atom stereocenters. The molecule has 25 heavy (non-hydrogen) atoms. The van der Waals surface area contributed by atoms with E-state index in [-0.39, 0.29) is 0 Å². The Kier molecular flexibility index (Phi) is 6.36. The summed E-state index contributed by atoms with van der Waals surface area (Å²) in [4.78, 5) is 9.16. The monoisotopic (exact) mass is 377 g/mol. The second-order valence-corrected chi connectivity index (χ2v) is 8.58. The molecule has 0 aliphatic heterocycles. The molecule has 1 N–H and O–H groups in total. The minimum absolute atomic E-state index is 0.459. The molecule has 3 aromatic rings. The van der Waals surface area contributed by atoms with Crippen molar-refractivity contribution in [2.75, 3.05) is 12.0 Å². The van der Waals surface area contributed by atoms with Crippen molar-refractivity contribution in [1.29, 1.82) is 0 Å². The van der Waals surface area contributed by atoms with E-state index in [1.807, 2.05) is 18.0 Å². The number of imidazole rings is 1. The van der Waals surface area contributed by atoms with Crippen molar-refractivity contribution in [2.24, 2.45) is 0 Å². The summed E-state index contributed by atoms with van der Waals surface area (Å²) >= 11 is 3.57. The maximum atomic E-state index is 10.2. The molecule has 1 unspecified atom stereocenters. The number of fused-ring (bicyclic) bond motifs is 3. The quantitative estimate of drug-likeness (QED) is 0.648. The van der Waals surface area contributed by atoms with Crippen LogP contribution in [0.5, 0.6) is 0 Å². The van der Waals surface area contributed by atoms with Gasteiger partial charge < -0.3 is 9.67 Å². The van der Waals surface area contributed by atoms with Crippen molar-refractivity contribution in [3.63, 3.8) is 0 Å². The first-order valence-corrected chi connectivity index (χ1v) is 11.4. The van der Waals surface area contributed by atoms with E-state index >= 15 is 0 Å². The Hall–Kier alpha value is -1.11. The predicted octanol–water partition coefficient (Wildman–Crippen LogP) is 5.57. The molecule has 0 radical (unpaired) electrons. The molecule has 1 fully saturated rings. The topological polar surface area (TPSA) is 50.9 Å². The summed E-state index contributed by atoms with van der Waals surface area (Å²) in [6.45, 7) is 3.95. The zero-order valence-electron chi connectivity index (χ0n) is 15.2. The van der Waals surface area contributed by atoms with Gasteiger partial charge in [-0.25, -0.2) is 4.98 Å². The first kappa shape index (κ1) is 18.7. The predicted molar refractivity (Wildman–Crippen MR) is 110 cm³/mol. The lowest BCUT2D eigenvalue weighted by Gasteiger charge is -2.26. The van der Waals surface area contributed by atoms with Crippen LogP contribution in [-0.4, -0.2) is 31.7 Å². The molecular formula is C19H27N3OS2. The summed E-state index contributed by atoms with van der Waals surface area (Å²) in [5.74, 6) is 2.03. The van der Waals surface area contributed by atoms with Crippen LogP contribution in [0.1, 0.15) is 63.9 Å². The van der Waals surface area contributed by atoms with E-state index in [0.29, 0.717) is 6.04 Å². The van der Waals surface area contributed by atoms with E-state index in [2.05, 4.69) is 39.2 Å². The normalized spacial score (nSPS) is 16.8. The van der Waals surface area contributed by atoms with Crippen LogP contribution in [0.4, 0.5) is 0 Å². The fourth-order valence-corrected chi connectivity index (χ4v) is 4.39. The Morgan fingerprint density at radius 3 is 2.68 bits per heavy atom. The van der Waals surface area contributed by atoms with Gasteiger partial charge in [-0.2, -0.15) is 11.8 Å². The van der Waals surface area contributed by atoms with Gasteiger partial charge in [0.2, 0.25) is 0 Å². The summed E-state index contributed by atoms with van der Waals surface area (Å²) in [6, 6.07) is 2.51. The smallest absolute Gasteiger partial charge is 0.138 e. The van der Waals surface area contributed by atoms with Crippen LogP contribution < -0.4 is 0 Å². The molecule has 4 rings (SSSR count). The number of nitrogens with zero attached hydrogens (tertiary/aromatic N) is 3. The Morgan fingerprint density at radius 2 is 2.04 bits per heavy atom. The van der Waals surface area contributed by atoms with Crippen LogP contribution in [0, 0.1) is 0 Å². The molecule has 136 valence electrons. The SMILES string of the molecule is CC(O)c1nc2cnc3ccsc3c2n1C1CCCCC1.CCSC. The molecule has 6 heteroatoms. The zero-order chi connectivity index (χ0) is 17.8. The van der Waals surface area contributed by atoms with E-state index < -0.39 is 6.10 Å². The highest BCUT2D eigenvalue weighted by Gasteiger charge is 2.25. The maximum Gasteiger partial charge on any atom is 0.138 e. The van der Waals surface area contributed by atoms with Gasteiger partial charge in [0, 0.05) is 6.04 Å². The van der Waals surface area contributed by atoms with E-state index in [1.165, 1.54) is 42.6 Å². The number of rotatable bonds is 3. The molecule has 3 aromatic heterocycles. The van der Waals surface area contributed by atoms with Crippen molar-refractivity contribution >= 4 is 44.3 Å². The third-order valence-corrected chi connectivity index (χ3v) is 6.24. The van der Waals surface area contributed by atoms with E-state index in [1.54, 1.807) is 18.3 Å². The summed E-state index contributed by atoms with van der Waals surface area (Å²) in [7, 11) is 0. The minimum atomic E-state index is -0.547. The molecule has 3 heterocycles. The van der Waals surface area contributed by atoms with Crippen molar-refractivity contribution in [3.8, 4) is 0 Å². The van der Waals surface area contributed by atoms with Gasteiger partial charge in [0.25, 0.3) is 0 Å². The van der Waals surface area contributed by atoms with Crippen LogP contribution in [0.25, 0.3) is 21.3 Å². The van der Waals surface area contributed by atoms with Gasteiger partial charge in [-0.1, -0.05) is 26.2 Å². The van der Waals surface area contributed by atoms with Crippen LogP contribution in [0.3, 0.4) is 0 Å². The molecule has 4 nitrogen and oxygen atoms in total. The van der Waals surface area contributed by atoms with Gasteiger partial charge in [0.1, 0.15) is 17.4 Å². The number of aliphatic hydroxyl groups is 1. The number of hydrogen-bond donors (Lipinski definition) is 1. The molecule has 0 bridgehead atoms. The lowest BCUT2D eigenvalue weighted by molar-refractivity contribution is 0.178. The highest BCUT2D eigenvalue weighted by molar-refractivity contribution is 7.98. The molecule has 0 saturated heterocycles. The third kappa shape index (κ3) is 3.86. The number of aliphatic hydroxyl groups excluding tert-OH is 1. The average Bonchev–Trinajstić information content (AvgIpc) is 3.26. The number of thiophene rings is 1. The third-order valence-electron chi connectivity index (χ3n) is 4.75. The average molecular weight is 378 g/mol. The standard InChI is InChI=1S/C16H19N3OS.C3H8S/c1-10(20)16-18-13-9-17-12-7-8-21-15(12)14(13)19(16)11-5-3-2-4-6-11;1-3-4-2/h7-11,20H,2-6H2,1H3;3H2,1-2H3. The molecule has 1 aliphatic rings. The Labute approximate surface area is 157 Å². The van der Waals surface area contributed by atoms with E-state index in [0.717, 1.165) is 22.4 Å². The van der Waals surface area contributed by atoms with Crippen LogP contribution in [0.2, 0.25) is 0 Å². The van der Waals surface area contributed by atoms with Gasteiger partial charge in [-0.3, -0.25) is 4.98 Å². The van der Waals surface area contributed by atoms with Gasteiger partial charge in [0.05, 0.1) is 21.9 Å². The molecule has 1 saturated carbocycles. The van der Waals surface area contributed by atoms with Crippen LogP contribution >= 0.6 is 23.1 Å². The lowest BCUT2D eigenvalue weighted by Crippen LogP contribution is -2.16. The molecule has 0 aromatic carbocycles. The minimum Gasteiger partial charge on any atom is -0.385 e. The van der Waals surface area contributed by atoms with E-state index in [4.69, 9.17) is 0 Å². The maximum absolute atomic E-state index is 10.2. The fourth-order valence-electron chi connectivity index (χ4n) is 3.50. The first-order valence-electron chi connectivity index (χ1n) is 9.08. The van der Waals surface area contributed by atoms with Gasteiger partial charge >= 0.3 is 0 Å². The molecule has 1 aliphatic carbocycles. The van der Waals surface area contributed by atoms with Crippen molar-refractivity contribution in [3.05, 3.63) is 23.5 Å². The Bertz CT molecular complexity index is 817. The highest BCUT2D eigenvalue weighted by Crippen LogP contribution is 2.37. The highest BCUT2D eigenvalue weighted by atomic mass is 32.2. The van der Waals surface area contributed by atoms with Crippen molar-refractivity contribution < 1.29 is 5.11 Å². The largest absolute Gasteiger partial charge is 0.385 e. The van der Waals surface area contributed by atoms with Gasteiger partial charge in [-0.15, -0.1) is 11.3 Å². The summed E-state index contributed by atoms with van der Waals surface area (Å²) in [6.07, 6.45) is 9.61. The fraction of sp³-hybridized carbons (Fsp3) is 0.579. The van der Waals surface area contributed by atoms with Gasteiger partial charge in [0.15, 0.2) is 0 Å². The lowest BCUT2D eigenvalue weighted by atomic mass is 9.95. The summed E-state index contributed by atoms with van der Waals surface area (Å²) in [5.41, 5.74) is 3.10. The van der Waals surface area contributed by atoms with Crippen LogP contribution in [-0.2, 0) is 0 Å². The van der Waals surface area contributed by atoms with E-state index in [9.17, 15) is 5.11 Å². The second-order valence-electron chi connectivity index (χ2n) is 6.51. The van der Waals surface area contributed by atoms with Crippen molar-refractivity contribution in [2.45, 2.75) is 58.1 Å².